The van der Waals surface area contributed by atoms with Crippen LogP contribution < -0.4 is 10.1 Å². The van der Waals surface area contributed by atoms with Crippen LogP contribution in [0.1, 0.15) is 58.6 Å². The molecule has 112 valence electrons. The SMILES string of the molecule is CC.COc1ccc([C@H](C)N[C@H]2C=C(C)CCC2)cc1. The third-order valence-corrected chi connectivity index (χ3v) is 3.65. The first kappa shape index (κ1) is 16.8. The maximum Gasteiger partial charge on any atom is 0.118 e. The maximum atomic E-state index is 5.18. The average Bonchev–Trinajstić information content (AvgIpc) is 2.49. The van der Waals surface area contributed by atoms with Gasteiger partial charge >= 0.3 is 0 Å². The van der Waals surface area contributed by atoms with E-state index >= 15 is 0 Å². The molecule has 0 unspecified atom stereocenters. The lowest BCUT2D eigenvalue weighted by Gasteiger charge is -2.25. The minimum Gasteiger partial charge on any atom is -0.497 e. The van der Waals surface area contributed by atoms with Gasteiger partial charge < -0.3 is 10.1 Å². The molecule has 1 aliphatic carbocycles. The molecule has 2 atom stereocenters. The van der Waals surface area contributed by atoms with E-state index in [1.807, 2.05) is 26.0 Å². The van der Waals surface area contributed by atoms with E-state index in [-0.39, 0.29) is 0 Å². The van der Waals surface area contributed by atoms with Crippen LogP contribution in [-0.2, 0) is 0 Å². The smallest absolute Gasteiger partial charge is 0.118 e. The molecular weight excluding hydrogens is 246 g/mol. The first-order valence-electron chi connectivity index (χ1n) is 7.76. The van der Waals surface area contributed by atoms with Gasteiger partial charge in [0, 0.05) is 12.1 Å². The summed E-state index contributed by atoms with van der Waals surface area (Å²) in [6.07, 6.45) is 6.19. The number of methoxy groups -OCH3 is 1. The minimum absolute atomic E-state index is 0.378. The molecule has 0 spiro atoms. The van der Waals surface area contributed by atoms with Gasteiger partial charge in [-0.25, -0.2) is 0 Å². The highest BCUT2D eigenvalue weighted by molar-refractivity contribution is 5.29. The summed E-state index contributed by atoms with van der Waals surface area (Å²) >= 11 is 0. The molecule has 0 aliphatic heterocycles. The van der Waals surface area contributed by atoms with Gasteiger partial charge in [-0.3, -0.25) is 0 Å². The van der Waals surface area contributed by atoms with Crippen LogP contribution in [-0.4, -0.2) is 13.2 Å². The molecule has 0 saturated carbocycles. The molecule has 1 N–H and O–H groups in total. The molecule has 2 heteroatoms. The lowest BCUT2D eigenvalue weighted by Crippen LogP contribution is -2.31. The zero-order valence-electron chi connectivity index (χ0n) is 13.6. The summed E-state index contributed by atoms with van der Waals surface area (Å²) in [5.74, 6) is 0.916. The zero-order valence-corrected chi connectivity index (χ0v) is 13.6. The monoisotopic (exact) mass is 275 g/mol. The van der Waals surface area contributed by atoms with Crippen molar-refractivity contribution < 1.29 is 4.74 Å². The summed E-state index contributed by atoms with van der Waals surface area (Å²) in [5.41, 5.74) is 2.83. The highest BCUT2D eigenvalue weighted by atomic mass is 16.5. The molecule has 2 nitrogen and oxygen atoms in total. The van der Waals surface area contributed by atoms with E-state index in [2.05, 4.69) is 37.4 Å². The van der Waals surface area contributed by atoms with Gasteiger partial charge in [-0.1, -0.05) is 37.6 Å². The number of benzene rings is 1. The van der Waals surface area contributed by atoms with Crippen molar-refractivity contribution in [2.45, 2.75) is 59.0 Å². The summed E-state index contributed by atoms with van der Waals surface area (Å²) in [5, 5.41) is 3.69. The molecule has 0 amide bonds. The van der Waals surface area contributed by atoms with Crippen LogP contribution in [0.5, 0.6) is 5.75 Å². The number of nitrogens with one attached hydrogen (secondary N) is 1. The third kappa shape index (κ3) is 5.01. The van der Waals surface area contributed by atoms with Gasteiger partial charge in [0.1, 0.15) is 5.75 Å². The molecule has 1 aromatic rings. The van der Waals surface area contributed by atoms with Crippen molar-refractivity contribution in [3.05, 3.63) is 41.5 Å². The second-order valence-corrected chi connectivity index (χ2v) is 5.17. The Morgan fingerprint density at radius 3 is 2.40 bits per heavy atom. The fraction of sp³-hybridized carbons (Fsp3) is 0.556. The van der Waals surface area contributed by atoms with Crippen LogP contribution in [0, 0.1) is 0 Å². The standard InChI is InChI=1S/C16H23NO.C2H6/c1-12-5-4-6-15(11-12)17-13(2)14-7-9-16(18-3)10-8-14;1-2/h7-11,13,15,17H,4-6H2,1-3H3;1-2H3/t13-,15+;/m0./s1. The number of hydrogen-bond acceptors (Lipinski definition) is 2. The van der Waals surface area contributed by atoms with Gasteiger partial charge in [-0.05, 0) is 50.8 Å². The highest BCUT2D eigenvalue weighted by Crippen LogP contribution is 2.22. The summed E-state index contributed by atoms with van der Waals surface area (Å²) in [4.78, 5) is 0. The predicted octanol–water partition coefficient (Wildman–Crippen LogP) is 4.87. The minimum atomic E-state index is 0.378. The Labute approximate surface area is 124 Å². The van der Waals surface area contributed by atoms with Gasteiger partial charge in [0.25, 0.3) is 0 Å². The second kappa shape index (κ2) is 8.80. The molecule has 0 aromatic heterocycles. The highest BCUT2D eigenvalue weighted by Gasteiger charge is 2.14. The lowest BCUT2D eigenvalue weighted by molar-refractivity contribution is 0.414. The zero-order chi connectivity index (χ0) is 15.0. The Bertz CT molecular complexity index is 408. The largest absolute Gasteiger partial charge is 0.497 e. The van der Waals surface area contributed by atoms with E-state index in [0.717, 1.165) is 5.75 Å². The van der Waals surface area contributed by atoms with Gasteiger partial charge in [-0.15, -0.1) is 0 Å². The molecule has 2 rings (SSSR count). The molecular formula is C18H29NO. The quantitative estimate of drug-likeness (QED) is 0.791. The predicted molar refractivity (Wildman–Crippen MR) is 87.3 cm³/mol. The van der Waals surface area contributed by atoms with Crippen LogP contribution >= 0.6 is 0 Å². The Morgan fingerprint density at radius 1 is 1.20 bits per heavy atom. The Balaban J connectivity index is 0.000000956. The first-order chi connectivity index (χ1) is 9.69. The maximum absolute atomic E-state index is 5.18. The topological polar surface area (TPSA) is 21.3 Å². The van der Waals surface area contributed by atoms with Crippen LogP contribution in [0.15, 0.2) is 35.9 Å². The van der Waals surface area contributed by atoms with E-state index in [1.165, 1.54) is 30.4 Å². The van der Waals surface area contributed by atoms with Gasteiger partial charge in [0.2, 0.25) is 0 Å². The van der Waals surface area contributed by atoms with E-state index in [0.29, 0.717) is 12.1 Å². The summed E-state index contributed by atoms with van der Waals surface area (Å²) in [7, 11) is 1.70. The molecule has 0 saturated heterocycles. The van der Waals surface area contributed by atoms with Crippen molar-refractivity contribution in [3.8, 4) is 5.75 Å². The molecule has 1 aromatic carbocycles. The first-order valence-corrected chi connectivity index (χ1v) is 7.76. The lowest BCUT2D eigenvalue weighted by atomic mass is 9.95. The van der Waals surface area contributed by atoms with Gasteiger partial charge in [0.05, 0.1) is 7.11 Å². The van der Waals surface area contributed by atoms with Crippen LogP contribution in [0.2, 0.25) is 0 Å². The number of rotatable bonds is 4. The fourth-order valence-corrected chi connectivity index (χ4v) is 2.55. The molecule has 0 radical (unpaired) electrons. The summed E-state index contributed by atoms with van der Waals surface area (Å²) in [6, 6.07) is 9.22. The second-order valence-electron chi connectivity index (χ2n) is 5.17. The van der Waals surface area contributed by atoms with E-state index in [1.54, 1.807) is 7.11 Å². The summed E-state index contributed by atoms with van der Waals surface area (Å²) in [6.45, 7) is 8.45. The molecule has 0 heterocycles. The molecule has 0 fully saturated rings. The van der Waals surface area contributed by atoms with Crippen molar-refractivity contribution >= 4 is 0 Å². The van der Waals surface area contributed by atoms with Crippen LogP contribution in [0.4, 0.5) is 0 Å². The Kier molecular flexibility index (Phi) is 7.38. The number of allylic oxidation sites excluding steroid dienone is 1. The molecule has 20 heavy (non-hydrogen) atoms. The average molecular weight is 275 g/mol. The van der Waals surface area contributed by atoms with E-state index < -0.39 is 0 Å². The van der Waals surface area contributed by atoms with E-state index in [9.17, 15) is 0 Å². The van der Waals surface area contributed by atoms with Crippen LogP contribution in [0.3, 0.4) is 0 Å². The number of ether oxygens (including phenoxy) is 1. The van der Waals surface area contributed by atoms with Crippen molar-refractivity contribution in [2.75, 3.05) is 7.11 Å². The third-order valence-electron chi connectivity index (χ3n) is 3.65. The normalized spacial score (nSPS) is 19.4. The van der Waals surface area contributed by atoms with E-state index in [4.69, 9.17) is 4.74 Å². The van der Waals surface area contributed by atoms with Crippen molar-refractivity contribution in [3.63, 3.8) is 0 Å². The summed E-state index contributed by atoms with van der Waals surface area (Å²) < 4.78 is 5.18. The number of hydrogen-bond donors (Lipinski definition) is 1. The Morgan fingerprint density at radius 2 is 1.85 bits per heavy atom. The van der Waals surface area contributed by atoms with Crippen LogP contribution in [0.25, 0.3) is 0 Å². The fourth-order valence-electron chi connectivity index (χ4n) is 2.55. The molecule has 0 bridgehead atoms. The Hall–Kier alpha value is -1.28. The van der Waals surface area contributed by atoms with Gasteiger partial charge in [-0.2, -0.15) is 0 Å². The van der Waals surface area contributed by atoms with Crippen molar-refractivity contribution in [2.24, 2.45) is 0 Å². The van der Waals surface area contributed by atoms with Crippen molar-refractivity contribution in [1.82, 2.24) is 5.32 Å². The van der Waals surface area contributed by atoms with Gasteiger partial charge in [0.15, 0.2) is 0 Å². The van der Waals surface area contributed by atoms with Crippen molar-refractivity contribution in [1.29, 1.82) is 0 Å². The molecule has 1 aliphatic rings.